The molecule has 5 heteroatoms. The lowest BCUT2D eigenvalue weighted by atomic mass is 10.1. The van der Waals surface area contributed by atoms with Crippen molar-refractivity contribution >= 4 is 27.8 Å². The maximum atomic E-state index is 12.2. The van der Waals surface area contributed by atoms with Crippen LogP contribution >= 0.6 is 15.9 Å². The summed E-state index contributed by atoms with van der Waals surface area (Å²) in [5.74, 6) is -0.365. The van der Waals surface area contributed by atoms with Crippen LogP contribution < -0.4 is 0 Å². The molecule has 0 saturated carbocycles. The van der Waals surface area contributed by atoms with Crippen LogP contribution in [0.4, 0.5) is 0 Å². The number of hydrogen-bond donors (Lipinski definition) is 0. The Balaban J connectivity index is 1.93. The number of esters is 1. The van der Waals surface area contributed by atoms with Crippen LogP contribution in [-0.4, -0.2) is 29.4 Å². The summed E-state index contributed by atoms with van der Waals surface area (Å²) in [6, 6.07) is 5.21. The monoisotopic (exact) mass is 295 g/mol. The number of carbonyl (C=O) groups is 2. The van der Waals surface area contributed by atoms with Crippen LogP contribution in [0.3, 0.4) is 0 Å². The summed E-state index contributed by atoms with van der Waals surface area (Å²) in [5.41, 5.74) is 1.65. The number of carbonyl (C=O) groups excluding carboxylic acids is 2. The minimum Gasteiger partial charge on any atom is -0.464 e. The standard InChI is InChI=1S/C12H10BrNO3/c13-8-2-1-7-6-14(11(15)9(7)5-8)10-3-4-17-12(10)16/h1-2,5,10H,3-4,6H2/t10-/m0/s1. The molecular weight excluding hydrogens is 286 g/mol. The van der Waals surface area contributed by atoms with Crippen LogP contribution in [0, 0.1) is 0 Å². The smallest absolute Gasteiger partial charge is 0.329 e. The third kappa shape index (κ3) is 1.65. The van der Waals surface area contributed by atoms with Gasteiger partial charge in [-0.25, -0.2) is 4.79 Å². The molecule has 0 N–H and O–H groups in total. The van der Waals surface area contributed by atoms with E-state index in [9.17, 15) is 9.59 Å². The van der Waals surface area contributed by atoms with E-state index in [-0.39, 0.29) is 11.9 Å². The summed E-state index contributed by atoms with van der Waals surface area (Å²) >= 11 is 3.35. The van der Waals surface area contributed by atoms with Crippen LogP contribution in [0.25, 0.3) is 0 Å². The molecule has 0 radical (unpaired) electrons. The molecule has 2 aliphatic heterocycles. The number of cyclic esters (lactones) is 1. The van der Waals surface area contributed by atoms with Crippen molar-refractivity contribution in [2.45, 2.75) is 19.0 Å². The van der Waals surface area contributed by atoms with Gasteiger partial charge in [-0.3, -0.25) is 4.79 Å². The minimum absolute atomic E-state index is 0.0786. The van der Waals surface area contributed by atoms with Crippen molar-refractivity contribution in [3.05, 3.63) is 33.8 Å². The molecule has 0 spiro atoms. The van der Waals surface area contributed by atoms with Gasteiger partial charge in [-0.05, 0) is 17.7 Å². The first-order chi connectivity index (χ1) is 8.16. The number of benzene rings is 1. The Labute approximate surface area is 107 Å². The van der Waals surface area contributed by atoms with Crippen molar-refractivity contribution in [2.24, 2.45) is 0 Å². The Morgan fingerprint density at radius 2 is 2.18 bits per heavy atom. The van der Waals surface area contributed by atoms with Gasteiger partial charge in [0.05, 0.1) is 6.61 Å². The molecule has 4 nitrogen and oxygen atoms in total. The molecule has 0 aromatic heterocycles. The van der Waals surface area contributed by atoms with Crippen LogP contribution in [0.5, 0.6) is 0 Å². The van der Waals surface area contributed by atoms with E-state index in [0.29, 0.717) is 25.1 Å². The number of amides is 1. The van der Waals surface area contributed by atoms with Gasteiger partial charge in [0.2, 0.25) is 0 Å². The number of hydrogen-bond acceptors (Lipinski definition) is 3. The summed E-state index contributed by atoms with van der Waals surface area (Å²) in [6.45, 7) is 0.911. The maximum absolute atomic E-state index is 12.2. The fourth-order valence-electron chi connectivity index (χ4n) is 2.32. The fraction of sp³-hybridized carbons (Fsp3) is 0.333. The average Bonchev–Trinajstić information content (AvgIpc) is 2.84. The van der Waals surface area contributed by atoms with Gasteiger partial charge in [0.25, 0.3) is 5.91 Å². The highest BCUT2D eigenvalue weighted by Gasteiger charge is 2.39. The largest absolute Gasteiger partial charge is 0.464 e. The fourth-order valence-corrected chi connectivity index (χ4v) is 2.68. The molecule has 0 bridgehead atoms. The molecule has 0 aliphatic carbocycles. The lowest BCUT2D eigenvalue weighted by molar-refractivity contribution is -0.141. The second-order valence-electron chi connectivity index (χ2n) is 4.21. The molecule has 2 heterocycles. The second kappa shape index (κ2) is 3.84. The van der Waals surface area contributed by atoms with Crippen LogP contribution in [-0.2, 0) is 16.1 Å². The number of halogens is 1. The van der Waals surface area contributed by atoms with Gasteiger partial charge >= 0.3 is 5.97 Å². The summed E-state index contributed by atoms with van der Waals surface area (Å²) in [5, 5.41) is 0. The average molecular weight is 296 g/mol. The molecule has 1 atom stereocenters. The highest BCUT2D eigenvalue weighted by Crippen LogP contribution is 2.29. The van der Waals surface area contributed by atoms with Crippen molar-refractivity contribution in [2.75, 3.05) is 6.61 Å². The normalized spacial score (nSPS) is 22.9. The molecule has 0 unspecified atom stereocenters. The van der Waals surface area contributed by atoms with Crippen LogP contribution in [0.15, 0.2) is 22.7 Å². The lowest BCUT2D eigenvalue weighted by Crippen LogP contribution is -2.38. The van der Waals surface area contributed by atoms with Gasteiger partial charge in [-0.1, -0.05) is 22.0 Å². The zero-order chi connectivity index (χ0) is 12.0. The molecular formula is C12H10BrNO3. The maximum Gasteiger partial charge on any atom is 0.329 e. The first-order valence-corrected chi connectivity index (χ1v) is 6.22. The van der Waals surface area contributed by atoms with Crippen molar-refractivity contribution in [1.82, 2.24) is 4.90 Å². The van der Waals surface area contributed by atoms with Gasteiger partial charge in [-0.15, -0.1) is 0 Å². The third-order valence-corrected chi connectivity index (χ3v) is 3.68. The van der Waals surface area contributed by atoms with Crippen molar-refractivity contribution in [3.8, 4) is 0 Å². The SMILES string of the molecule is O=C1OCC[C@@H]1N1Cc2ccc(Br)cc2C1=O. The molecule has 2 aliphatic rings. The quantitative estimate of drug-likeness (QED) is 0.741. The summed E-state index contributed by atoms with van der Waals surface area (Å²) in [7, 11) is 0. The summed E-state index contributed by atoms with van der Waals surface area (Å²) in [4.78, 5) is 25.3. The van der Waals surface area contributed by atoms with Gasteiger partial charge in [-0.2, -0.15) is 0 Å². The second-order valence-corrected chi connectivity index (χ2v) is 5.12. The van der Waals surface area contributed by atoms with E-state index < -0.39 is 6.04 Å². The highest BCUT2D eigenvalue weighted by atomic mass is 79.9. The lowest BCUT2D eigenvalue weighted by Gasteiger charge is -2.19. The molecule has 3 rings (SSSR count). The number of fused-ring (bicyclic) bond motifs is 1. The van der Waals surface area contributed by atoms with E-state index >= 15 is 0 Å². The predicted octanol–water partition coefficient (Wildman–Crippen LogP) is 1.72. The summed E-state index contributed by atoms with van der Waals surface area (Å²) < 4.78 is 5.78. The molecule has 88 valence electrons. The highest BCUT2D eigenvalue weighted by molar-refractivity contribution is 9.10. The van der Waals surface area contributed by atoms with Crippen LogP contribution in [0.1, 0.15) is 22.3 Å². The summed E-state index contributed by atoms with van der Waals surface area (Å²) in [6.07, 6.45) is 0.597. The Kier molecular flexibility index (Phi) is 2.43. The first-order valence-electron chi connectivity index (χ1n) is 5.43. The number of ether oxygens (including phenoxy) is 1. The van der Waals surface area contributed by atoms with Gasteiger partial charge < -0.3 is 9.64 Å². The Morgan fingerprint density at radius 1 is 1.35 bits per heavy atom. The van der Waals surface area contributed by atoms with Gasteiger partial charge in [0.15, 0.2) is 0 Å². The van der Waals surface area contributed by atoms with E-state index in [2.05, 4.69) is 15.9 Å². The Bertz CT molecular complexity index is 514. The Morgan fingerprint density at radius 3 is 2.88 bits per heavy atom. The molecule has 17 heavy (non-hydrogen) atoms. The predicted molar refractivity (Wildman–Crippen MR) is 63.4 cm³/mol. The van der Waals surface area contributed by atoms with E-state index in [4.69, 9.17) is 4.74 Å². The zero-order valence-electron chi connectivity index (χ0n) is 8.98. The third-order valence-electron chi connectivity index (χ3n) is 3.19. The van der Waals surface area contributed by atoms with Gasteiger partial charge in [0, 0.05) is 23.0 Å². The Hall–Kier alpha value is -1.36. The van der Waals surface area contributed by atoms with Crippen molar-refractivity contribution in [3.63, 3.8) is 0 Å². The van der Waals surface area contributed by atoms with E-state index in [1.807, 2.05) is 12.1 Å². The molecule has 1 fully saturated rings. The molecule has 1 aromatic carbocycles. The molecule has 1 aromatic rings. The minimum atomic E-state index is -0.409. The zero-order valence-corrected chi connectivity index (χ0v) is 10.6. The van der Waals surface area contributed by atoms with Crippen molar-refractivity contribution < 1.29 is 14.3 Å². The van der Waals surface area contributed by atoms with E-state index in [0.717, 1.165) is 10.0 Å². The van der Waals surface area contributed by atoms with E-state index in [1.54, 1.807) is 11.0 Å². The topological polar surface area (TPSA) is 46.6 Å². The van der Waals surface area contributed by atoms with Crippen LogP contribution in [0.2, 0.25) is 0 Å². The van der Waals surface area contributed by atoms with Gasteiger partial charge in [0.1, 0.15) is 6.04 Å². The van der Waals surface area contributed by atoms with Crippen molar-refractivity contribution in [1.29, 1.82) is 0 Å². The first kappa shape index (κ1) is 10.8. The number of nitrogens with zero attached hydrogens (tertiary/aromatic N) is 1. The van der Waals surface area contributed by atoms with E-state index in [1.165, 1.54) is 0 Å². The molecule has 1 saturated heterocycles. The molecule has 1 amide bonds. The number of rotatable bonds is 1.